The molecular weight excluding hydrogens is 388 g/mol. The van der Waals surface area contributed by atoms with Gasteiger partial charge >= 0.3 is 0 Å². The summed E-state index contributed by atoms with van der Waals surface area (Å²) >= 11 is 0. The lowest BCUT2D eigenvalue weighted by Gasteiger charge is -2.24. The van der Waals surface area contributed by atoms with E-state index >= 15 is 0 Å². The summed E-state index contributed by atoms with van der Waals surface area (Å²) in [5, 5.41) is 6.32. The van der Waals surface area contributed by atoms with Crippen LogP contribution < -0.4 is 4.74 Å². The standard InChI is InChI=1S/C22H21F2N5O/c1-22(7-2-3-8-22)14-5-4-6-16-20(14)28-18(27-16)11-30-17-10-13(23)9-15(24)19(17)21-25-12-26-29-21/h4-6,9-10,12H,2-3,7-8,11H2,1H3,(H,27,28)(H,25,26,29). The molecule has 30 heavy (non-hydrogen) atoms. The number of hydrogen-bond acceptors (Lipinski definition) is 4. The fourth-order valence-corrected chi connectivity index (χ4v) is 4.43. The summed E-state index contributed by atoms with van der Waals surface area (Å²) in [6.45, 7) is 2.33. The second kappa shape index (κ2) is 7.19. The number of rotatable bonds is 5. The third kappa shape index (κ3) is 3.22. The highest BCUT2D eigenvalue weighted by atomic mass is 19.1. The molecule has 154 valence electrons. The highest BCUT2D eigenvalue weighted by Gasteiger charge is 2.32. The Morgan fingerprint density at radius 2 is 2.00 bits per heavy atom. The van der Waals surface area contributed by atoms with Crippen molar-refractivity contribution in [1.82, 2.24) is 25.1 Å². The van der Waals surface area contributed by atoms with Crippen LogP contribution in [0.3, 0.4) is 0 Å². The van der Waals surface area contributed by atoms with Crippen LogP contribution >= 0.6 is 0 Å². The van der Waals surface area contributed by atoms with E-state index in [2.05, 4.69) is 33.2 Å². The first-order valence-electron chi connectivity index (χ1n) is 9.99. The van der Waals surface area contributed by atoms with E-state index < -0.39 is 11.6 Å². The lowest BCUT2D eigenvalue weighted by Crippen LogP contribution is -2.17. The zero-order valence-corrected chi connectivity index (χ0v) is 16.5. The van der Waals surface area contributed by atoms with Crippen LogP contribution in [0.2, 0.25) is 0 Å². The van der Waals surface area contributed by atoms with E-state index in [0.29, 0.717) is 5.82 Å². The topological polar surface area (TPSA) is 79.5 Å². The number of H-pyrrole nitrogens is 2. The number of aromatic nitrogens is 5. The predicted molar refractivity (Wildman–Crippen MR) is 108 cm³/mol. The minimum absolute atomic E-state index is 0.0316. The van der Waals surface area contributed by atoms with Gasteiger partial charge in [0.25, 0.3) is 0 Å². The van der Waals surface area contributed by atoms with Crippen molar-refractivity contribution in [2.75, 3.05) is 0 Å². The molecule has 0 bridgehead atoms. The first kappa shape index (κ1) is 18.7. The molecule has 5 rings (SSSR count). The van der Waals surface area contributed by atoms with Gasteiger partial charge in [-0.3, -0.25) is 5.10 Å². The second-order valence-corrected chi connectivity index (χ2v) is 8.04. The van der Waals surface area contributed by atoms with Crippen LogP contribution in [0.25, 0.3) is 22.4 Å². The highest BCUT2D eigenvalue weighted by molar-refractivity contribution is 5.80. The third-order valence-electron chi connectivity index (χ3n) is 5.95. The van der Waals surface area contributed by atoms with E-state index in [-0.39, 0.29) is 29.2 Å². The molecule has 2 heterocycles. The van der Waals surface area contributed by atoms with Gasteiger partial charge in [0.1, 0.15) is 36.1 Å². The molecule has 0 unspecified atom stereocenters. The predicted octanol–water partition coefficient (Wildman–Crippen LogP) is 5.04. The average molecular weight is 409 g/mol. The summed E-state index contributed by atoms with van der Waals surface area (Å²) in [6.07, 6.45) is 6.00. The van der Waals surface area contributed by atoms with Gasteiger partial charge in [-0.05, 0) is 29.9 Å². The summed E-state index contributed by atoms with van der Waals surface area (Å²) in [6, 6.07) is 8.08. The molecule has 0 spiro atoms. The van der Waals surface area contributed by atoms with E-state index in [1.54, 1.807) is 0 Å². The van der Waals surface area contributed by atoms with E-state index in [4.69, 9.17) is 9.72 Å². The number of hydrogen-bond donors (Lipinski definition) is 2. The van der Waals surface area contributed by atoms with Gasteiger partial charge in [-0.2, -0.15) is 5.10 Å². The summed E-state index contributed by atoms with van der Waals surface area (Å²) < 4.78 is 34.0. The molecule has 2 aromatic carbocycles. The molecular formula is C22H21F2N5O. The fraction of sp³-hybridized carbons (Fsp3) is 0.318. The smallest absolute Gasteiger partial charge is 0.162 e. The van der Waals surface area contributed by atoms with Crippen LogP contribution in [0.1, 0.15) is 44.0 Å². The molecule has 0 saturated heterocycles. The Labute approximate surface area is 171 Å². The van der Waals surface area contributed by atoms with Gasteiger partial charge in [0.05, 0.1) is 16.6 Å². The van der Waals surface area contributed by atoms with Gasteiger partial charge in [0.2, 0.25) is 0 Å². The van der Waals surface area contributed by atoms with E-state index in [0.717, 1.165) is 36.0 Å². The maximum absolute atomic E-state index is 14.4. The van der Waals surface area contributed by atoms with E-state index in [1.807, 2.05) is 12.1 Å². The molecule has 0 atom stereocenters. The third-order valence-corrected chi connectivity index (χ3v) is 5.95. The average Bonchev–Trinajstić information content (AvgIpc) is 3.46. The molecule has 8 heteroatoms. The number of halogens is 2. The molecule has 1 aliphatic rings. The minimum Gasteiger partial charge on any atom is -0.485 e. The van der Waals surface area contributed by atoms with Crippen molar-refractivity contribution in [2.45, 2.75) is 44.6 Å². The molecule has 1 saturated carbocycles. The Kier molecular flexibility index (Phi) is 4.49. The quantitative estimate of drug-likeness (QED) is 0.484. The largest absolute Gasteiger partial charge is 0.485 e. The van der Waals surface area contributed by atoms with Gasteiger partial charge in [0, 0.05) is 12.1 Å². The van der Waals surface area contributed by atoms with Gasteiger partial charge < -0.3 is 9.72 Å². The molecule has 0 amide bonds. The summed E-state index contributed by atoms with van der Waals surface area (Å²) in [5.74, 6) is -0.710. The summed E-state index contributed by atoms with van der Waals surface area (Å²) in [5.41, 5.74) is 3.25. The molecule has 1 aliphatic carbocycles. The van der Waals surface area contributed by atoms with E-state index in [9.17, 15) is 8.78 Å². The van der Waals surface area contributed by atoms with Crippen molar-refractivity contribution in [3.8, 4) is 17.1 Å². The van der Waals surface area contributed by atoms with Crippen molar-refractivity contribution in [3.63, 3.8) is 0 Å². The number of fused-ring (bicyclic) bond motifs is 1. The minimum atomic E-state index is -0.775. The number of aromatic amines is 2. The van der Waals surface area contributed by atoms with Crippen molar-refractivity contribution >= 4 is 11.0 Å². The monoisotopic (exact) mass is 409 g/mol. The zero-order chi connectivity index (χ0) is 20.7. The van der Waals surface area contributed by atoms with Crippen molar-refractivity contribution in [3.05, 3.63) is 59.7 Å². The number of ether oxygens (including phenoxy) is 1. The van der Waals surface area contributed by atoms with Gasteiger partial charge in [-0.1, -0.05) is 31.9 Å². The number of nitrogens with zero attached hydrogens (tertiary/aromatic N) is 3. The maximum atomic E-state index is 14.4. The normalized spacial score (nSPS) is 15.7. The Morgan fingerprint density at radius 3 is 2.77 bits per heavy atom. The zero-order valence-electron chi connectivity index (χ0n) is 16.5. The molecule has 1 fully saturated rings. The van der Waals surface area contributed by atoms with Crippen LogP contribution in [-0.2, 0) is 12.0 Å². The maximum Gasteiger partial charge on any atom is 0.162 e. The summed E-state index contributed by atoms with van der Waals surface area (Å²) in [4.78, 5) is 12.0. The van der Waals surface area contributed by atoms with Gasteiger partial charge in [-0.15, -0.1) is 0 Å². The molecule has 4 aromatic rings. The lowest BCUT2D eigenvalue weighted by molar-refractivity contribution is 0.295. The molecule has 6 nitrogen and oxygen atoms in total. The molecule has 0 aliphatic heterocycles. The molecule has 0 radical (unpaired) electrons. The van der Waals surface area contributed by atoms with Crippen LogP contribution in [0.5, 0.6) is 5.75 Å². The lowest BCUT2D eigenvalue weighted by atomic mass is 9.80. The first-order valence-corrected chi connectivity index (χ1v) is 9.99. The van der Waals surface area contributed by atoms with E-state index in [1.165, 1.54) is 24.7 Å². The Hall–Kier alpha value is -3.29. The number of benzene rings is 2. The Bertz CT molecular complexity index is 1200. The number of nitrogens with one attached hydrogen (secondary N) is 2. The van der Waals surface area contributed by atoms with Crippen molar-refractivity contribution in [2.24, 2.45) is 0 Å². The van der Waals surface area contributed by atoms with Crippen LogP contribution in [0.4, 0.5) is 8.78 Å². The second-order valence-electron chi connectivity index (χ2n) is 8.04. The van der Waals surface area contributed by atoms with Crippen LogP contribution in [0.15, 0.2) is 36.7 Å². The SMILES string of the molecule is CC1(c2cccc3[nH]c(COc4cc(F)cc(F)c4-c4ncn[nH]4)nc23)CCCC1. The number of para-hydroxylation sites is 1. The van der Waals surface area contributed by atoms with Gasteiger partial charge in [0.15, 0.2) is 5.82 Å². The fourth-order valence-electron chi connectivity index (χ4n) is 4.43. The summed E-state index contributed by atoms with van der Waals surface area (Å²) in [7, 11) is 0. The first-order chi connectivity index (χ1) is 14.5. The Balaban J connectivity index is 1.47. The number of imidazole rings is 1. The van der Waals surface area contributed by atoms with Gasteiger partial charge in [-0.25, -0.2) is 18.7 Å². The highest BCUT2D eigenvalue weighted by Crippen LogP contribution is 2.42. The molecule has 2 aromatic heterocycles. The van der Waals surface area contributed by atoms with Crippen LogP contribution in [0, 0.1) is 11.6 Å². The van der Waals surface area contributed by atoms with Crippen LogP contribution in [-0.4, -0.2) is 25.1 Å². The Morgan fingerprint density at radius 1 is 1.17 bits per heavy atom. The van der Waals surface area contributed by atoms with Crippen molar-refractivity contribution < 1.29 is 13.5 Å². The molecule has 2 N–H and O–H groups in total. The van der Waals surface area contributed by atoms with Crippen molar-refractivity contribution in [1.29, 1.82) is 0 Å².